The van der Waals surface area contributed by atoms with Crippen molar-refractivity contribution in [2.75, 3.05) is 26.0 Å². The average molecular weight is 361 g/mol. The number of ether oxygens (including phenoxy) is 1. The molecule has 2 aromatic rings. The van der Waals surface area contributed by atoms with Gasteiger partial charge in [0.2, 0.25) is 5.91 Å². The Morgan fingerprint density at radius 3 is 2.36 bits per heavy atom. The third-order valence-electron chi connectivity index (χ3n) is 3.99. The Morgan fingerprint density at radius 1 is 1.16 bits per heavy atom. The molecule has 134 valence electrons. The number of carbonyl (C=O) groups excluding carboxylic acids is 1. The van der Waals surface area contributed by atoms with E-state index >= 15 is 0 Å². The molecule has 2 aromatic carbocycles. The third-order valence-corrected chi connectivity index (χ3v) is 4.30. The summed E-state index contributed by atoms with van der Waals surface area (Å²) >= 11 is 6.16. The van der Waals surface area contributed by atoms with E-state index in [1.807, 2.05) is 50.9 Å². The number of nitrogens with zero attached hydrogens (tertiary/aromatic N) is 1. The number of halogens is 1. The molecule has 5 heteroatoms. The number of aryl methyl sites for hydroxylation is 3. The second-order valence-electron chi connectivity index (χ2n) is 6.47. The van der Waals surface area contributed by atoms with Crippen molar-refractivity contribution in [2.24, 2.45) is 0 Å². The first kappa shape index (κ1) is 19.3. The van der Waals surface area contributed by atoms with Crippen LogP contribution in [-0.2, 0) is 11.3 Å². The van der Waals surface area contributed by atoms with Crippen LogP contribution in [0.5, 0.6) is 5.75 Å². The lowest BCUT2D eigenvalue weighted by molar-refractivity contribution is -0.117. The van der Waals surface area contributed by atoms with E-state index < -0.39 is 0 Å². The zero-order valence-electron chi connectivity index (χ0n) is 15.4. The Balaban J connectivity index is 1.97. The molecule has 0 saturated carbocycles. The molecule has 1 amide bonds. The van der Waals surface area contributed by atoms with Crippen molar-refractivity contribution in [2.45, 2.75) is 27.3 Å². The number of likely N-dealkylation sites (N-methyl/N-ethyl adjacent to an activating group) is 1. The van der Waals surface area contributed by atoms with Crippen LogP contribution < -0.4 is 10.1 Å². The summed E-state index contributed by atoms with van der Waals surface area (Å²) in [5.41, 5.74) is 5.05. The van der Waals surface area contributed by atoms with Gasteiger partial charge < -0.3 is 10.1 Å². The summed E-state index contributed by atoms with van der Waals surface area (Å²) in [6, 6.07) is 9.78. The van der Waals surface area contributed by atoms with Gasteiger partial charge in [-0.3, -0.25) is 9.69 Å². The first-order valence-corrected chi connectivity index (χ1v) is 8.56. The molecule has 0 radical (unpaired) electrons. The van der Waals surface area contributed by atoms with Crippen molar-refractivity contribution < 1.29 is 9.53 Å². The van der Waals surface area contributed by atoms with E-state index in [0.717, 1.165) is 28.0 Å². The highest BCUT2D eigenvalue weighted by atomic mass is 35.5. The molecule has 0 spiro atoms. The van der Waals surface area contributed by atoms with Crippen LogP contribution in [0.1, 0.15) is 22.3 Å². The minimum atomic E-state index is -0.0878. The molecular weight excluding hydrogens is 336 g/mol. The zero-order chi connectivity index (χ0) is 18.6. The maximum atomic E-state index is 12.3. The van der Waals surface area contributed by atoms with Crippen molar-refractivity contribution in [3.63, 3.8) is 0 Å². The number of nitrogens with one attached hydrogen (secondary N) is 1. The van der Waals surface area contributed by atoms with Crippen LogP contribution in [0.25, 0.3) is 0 Å². The zero-order valence-corrected chi connectivity index (χ0v) is 16.2. The molecule has 4 nitrogen and oxygen atoms in total. The highest BCUT2D eigenvalue weighted by Crippen LogP contribution is 2.25. The van der Waals surface area contributed by atoms with E-state index in [1.54, 1.807) is 7.11 Å². The van der Waals surface area contributed by atoms with Gasteiger partial charge in [0.15, 0.2) is 0 Å². The lowest BCUT2D eigenvalue weighted by Gasteiger charge is -2.18. The highest BCUT2D eigenvalue weighted by molar-refractivity contribution is 6.33. The van der Waals surface area contributed by atoms with Gasteiger partial charge >= 0.3 is 0 Å². The van der Waals surface area contributed by atoms with Gasteiger partial charge in [-0.25, -0.2) is 0 Å². The molecule has 0 aromatic heterocycles. The normalized spacial score (nSPS) is 10.8. The van der Waals surface area contributed by atoms with Crippen molar-refractivity contribution in [1.29, 1.82) is 0 Å². The topological polar surface area (TPSA) is 41.6 Å². The molecule has 0 atom stereocenters. The van der Waals surface area contributed by atoms with Crippen LogP contribution in [0.4, 0.5) is 5.69 Å². The van der Waals surface area contributed by atoms with Gasteiger partial charge in [0, 0.05) is 6.54 Å². The Morgan fingerprint density at radius 2 is 1.80 bits per heavy atom. The summed E-state index contributed by atoms with van der Waals surface area (Å²) in [6.07, 6.45) is 0. The predicted octanol–water partition coefficient (Wildman–Crippen LogP) is 4.34. The molecule has 0 aliphatic heterocycles. The summed E-state index contributed by atoms with van der Waals surface area (Å²) in [4.78, 5) is 14.2. The van der Waals surface area contributed by atoms with E-state index in [0.29, 0.717) is 17.3 Å². The van der Waals surface area contributed by atoms with Crippen LogP contribution >= 0.6 is 11.6 Å². The van der Waals surface area contributed by atoms with E-state index in [-0.39, 0.29) is 12.5 Å². The maximum absolute atomic E-state index is 12.3. The molecule has 0 aliphatic carbocycles. The summed E-state index contributed by atoms with van der Waals surface area (Å²) in [5.74, 6) is 0.827. The van der Waals surface area contributed by atoms with Crippen LogP contribution in [-0.4, -0.2) is 31.5 Å². The quantitative estimate of drug-likeness (QED) is 0.832. The SMILES string of the molecule is COc1c(C)cc(CN(C)CC(=O)Nc2ccc(C)cc2Cl)cc1C. The Labute approximate surface area is 154 Å². The fourth-order valence-corrected chi connectivity index (χ4v) is 3.26. The van der Waals surface area contributed by atoms with Crippen LogP contribution in [0.3, 0.4) is 0 Å². The number of anilines is 1. The number of hydrogen-bond acceptors (Lipinski definition) is 3. The third kappa shape index (κ3) is 5.21. The van der Waals surface area contributed by atoms with E-state index in [9.17, 15) is 4.79 Å². The van der Waals surface area contributed by atoms with Crippen LogP contribution in [0.2, 0.25) is 5.02 Å². The number of hydrogen-bond donors (Lipinski definition) is 1. The summed E-state index contributed by atoms with van der Waals surface area (Å²) < 4.78 is 5.40. The summed E-state index contributed by atoms with van der Waals surface area (Å²) in [7, 11) is 3.60. The second kappa shape index (κ2) is 8.37. The van der Waals surface area contributed by atoms with Crippen molar-refractivity contribution >= 4 is 23.2 Å². The molecule has 25 heavy (non-hydrogen) atoms. The number of rotatable bonds is 6. The Hall–Kier alpha value is -2.04. The Bertz CT molecular complexity index is 751. The number of amides is 1. The minimum absolute atomic E-state index is 0.0878. The molecule has 0 heterocycles. The van der Waals surface area contributed by atoms with Gasteiger partial charge in [0.25, 0.3) is 0 Å². The first-order chi connectivity index (χ1) is 11.8. The second-order valence-corrected chi connectivity index (χ2v) is 6.87. The van der Waals surface area contributed by atoms with Crippen molar-refractivity contribution in [3.05, 3.63) is 57.6 Å². The summed E-state index contributed by atoms with van der Waals surface area (Å²) in [6.45, 7) is 6.99. The number of carbonyl (C=O) groups is 1. The van der Waals surface area contributed by atoms with Gasteiger partial charge in [-0.2, -0.15) is 0 Å². The number of benzene rings is 2. The molecular formula is C20H25ClN2O2. The van der Waals surface area contributed by atoms with Crippen molar-refractivity contribution in [3.8, 4) is 5.75 Å². The van der Waals surface area contributed by atoms with Gasteiger partial charge in [-0.15, -0.1) is 0 Å². The maximum Gasteiger partial charge on any atom is 0.238 e. The molecule has 0 saturated heterocycles. The standard InChI is InChI=1S/C20H25ClN2O2/c1-13-6-7-18(17(21)8-13)22-19(24)12-23(4)11-16-9-14(2)20(25-5)15(3)10-16/h6-10H,11-12H2,1-5H3,(H,22,24). The molecule has 0 bridgehead atoms. The fourth-order valence-electron chi connectivity index (χ4n) is 2.98. The van der Waals surface area contributed by atoms with Crippen LogP contribution in [0, 0.1) is 20.8 Å². The molecule has 0 fully saturated rings. The highest BCUT2D eigenvalue weighted by Gasteiger charge is 2.11. The summed E-state index contributed by atoms with van der Waals surface area (Å²) in [5, 5.41) is 3.42. The Kier molecular flexibility index (Phi) is 6.45. The van der Waals surface area contributed by atoms with Gasteiger partial charge in [-0.1, -0.05) is 29.8 Å². The minimum Gasteiger partial charge on any atom is -0.496 e. The molecule has 0 unspecified atom stereocenters. The van der Waals surface area contributed by atoms with Crippen LogP contribution in [0.15, 0.2) is 30.3 Å². The van der Waals surface area contributed by atoms with Gasteiger partial charge in [0.1, 0.15) is 5.75 Å². The van der Waals surface area contributed by atoms with E-state index in [4.69, 9.17) is 16.3 Å². The van der Waals surface area contributed by atoms with E-state index in [2.05, 4.69) is 17.4 Å². The lowest BCUT2D eigenvalue weighted by atomic mass is 10.1. The predicted molar refractivity (Wildman–Crippen MR) is 104 cm³/mol. The van der Waals surface area contributed by atoms with E-state index in [1.165, 1.54) is 0 Å². The fraction of sp³-hybridized carbons (Fsp3) is 0.350. The first-order valence-electron chi connectivity index (χ1n) is 8.18. The molecule has 0 aliphatic rings. The van der Waals surface area contributed by atoms with Gasteiger partial charge in [0.05, 0.1) is 24.4 Å². The molecule has 1 N–H and O–H groups in total. The van der Waals surface area contributed by atoms with Crippen molar-refractivity contribution in [1.82, 2.24) is 4.90 Å². The monoisotopic (exact) mass is 360 g/mol. The van der Waals surface area contributed by atoms with Gasteiger partial charge in [-0.05, 0) is 62.2 Å². The largest absolute Gasteiger partial charge is 0.496 e. The number of methoxy groups -OCH3 is 1. The smallest absolute Gasteiger partial charge is 0.238 e. The average Bonchev–Trinajstić information content (AvgIpc) is 2.49. The molecule has 2 rings (SSSR count). The lowest BCUT2D eigenvalue weighted by Crippen LogP contribution is -2.30.